The van der Waals surface area contributed by atoms with E-state index >= 15 is 0 Å². The predicted molar refractivity (Wildman–Crippen MR) is 63.2 cm³/mol. The number of carbonyl (C=O) groups excluding carboxylic acids is 1. The first-order chi connectivity index (χ1) is 8.12. The lowest BCUT2D eigenvalue weighted by Gasteiger charge is -2.13. The van der Waals surface area contributed by atoms with E-state index in [-0.39, 0.29) is 6.54 Å². The topological polar surface area (TPSA) is 93.8 Å². The highest BCUT2D eigenvalue weighted by Crippen LogP contribution is 2.28. The molecule has 1 atom stereocenters. The summed E-state index contributed by atoms with van der Waals surface area (Å²) >= 11 is 0. The average Bonchev–Trinajstić information content (AvgIpc) is 2.37. The summed E-state index contributed by atoms with van der Waals surface area (Å²) in [5.74, 6) is 0.483. The number of nitrogens with two attached hydrogens (primary N) is 1. The Morgan fingerprint density at radius 3 is 2.71 bits per heavy atom. The van der Waals surface area contributed by atoms with Crippen LogP contribution in [0.25, 0.3) is 0 Å². The van der Waals surface area contributed by atoms with Crippen LogP contribution in [-0.2, 0) is 4.79 Å². The Morgan fingerprint density at radius 1 is 1.47 bits per heavy atom. The van der Waals surface area contributed by atoms with Gasteiger partial charge < -0.3 is 25.6 Å². The minimum absolute atomic E-state index is 0.135. The van der Waals surface area contributed by atoms with Crippen LogP contribution in [0.3, 0.4) is 0 Å². The van der Waals surface area contributed by atoms with Crippen molar-refractivity contribution >= 4 is 11.6 Å². The van der Waals surface area contributed by atoms with E-state index in [1.54, 1.807) is 18.2 Å². The first kappa shape index (κ1) is 13.3. The molecular formula is C11H16N2O4. The largest absolute Gasteiger partial charge is 0.497 e. The first-order valence-corrected chi connectivity index (χ1v) is 5.03. The number of benzene rings is 1. The lowest BCUT2D eigenvalue weighted by atomic mass is 10.2. The highest BCUT2D eigenvalue weighted by atomic mass is 16.5. The van der Waals surface area contributed by atoms with E-state index in [1.807, 2.05) is 0 Å². The van der Waals surface area contributed by atoms with Crippen LogP contribution in [0.2, 0.25) is 0 Å². The summed E-state index contributed by atoms with van der Waals surface area (Å²) in [5.41, 5.74) is 5.63. The Hall–Kier alpha value is -1.79. The number of anilines is 1. The lowest BCUT2D eigenvalue weighted by molar-refractivity contribution is -0.123. The number of rotatable bonds is 5. The molecule has 0 aliphatic heterocycles. The third-order valence-corrected chi connectivity index (χ3v) is 2.19. The van der Waals surface area contributed by atoms with Gasteiger partial charge in [0.1, 0.15) is 17.6 Å². The van der Waals surface area contributed by atoms with Crippen molar-refractivity contribution in [3.8, 4) is 11.5 Å². The summed E-state index contributed by atoms with van der Waals surface area (Å²) in [6.45, 7) is -0.135. The monoisotopic (exact) mass is 240 g/mol. The van der Waals surface area contributed by atoms with E-state index < -0.39 is 12.0 Å². The van der Waals surface area contributed by atoms with Gasteiger partial charge in [0.05, 0.1) is 19.9 Å². The van der Waals surface area contributed by atoms with Crippen LogP contribution in [0, 0.1) is 0 Å². The van der Waals surface area contributed by atoms with E-state index in [0.29, 0.717) is 17.2 Å². The maximum absolute atomic E-state index is 11.4. The fraction of sp³-hybridized carbons (Fsp3) is 0.364. The van der Waals surface area contributed by atoms with E-state index in [2.05, 4.69) is 5.32 Å². The number of carbonyl (C=O) groups is 1. The van der Waals surface area contributed by atoms with Crippen molar-refractivity contribution in [1.82, 2.24) is 0 Å². The third-order valence-electron chi connectivity index (χ3n) is 2.19. The molecule has 6 heteroatoms. The zero-order valence-corrected chi connectivity index (χ0v) is 9.77. The molecule has 0 aliphatic carbocycles. The minimum atomic E-state index is -1.23. The number of methoxy groups -OCH3 is 2. The quantitative estimate of drug-likeness (QED) is 0.671. The highest BCUT2D eigenvalue weighted by molar-refractivity contribution is 5.95. The maximum Gasteiger partial charge on any atom is 0.254 e. The Morgan fingerprint density at radius 2 is 2.18 bits per heavy atom. The highest BCUT2D eigenvalue weighted by Gasteiger charge is 2.15. The second-order valence-electron chi connectivity index (χ2n) is 3.31. The van der Waals surface area contributed by atoms with E-state index in [1.165, 1.54) is 14.2 Å². The molecule has 0 radical (unpaired) electrons. The van der Waals surface area contributed by atoms with Crippen LogP contribution < -0.4 is 20.5 Å². The van der Waals surface area contributed by atoms with Gasteiger partial charge >= 0.3 is 0 Å². The van der Waals surface area contributed by atoms with Gasteiger partial charge in [-0.05, 0) is 12.1 Å². The number of aliphatic hydroxyl groups excluding tert-OH is 1. The summed E-state index contributed by atoms with van der Waals surface area (Å²) in [7, 11) is 3.01. The summed E-state index contributed by atoms with van der Waals surface area (Å²) in [5, 5.41) is 11.8. The molecule has 0 bridgehead atoms. The van der Waals surface area contributed by atoms with Gasteiger partial charge in [-0.3, -0.25) is 4.79 Å². The van der Waals surface area contributed by atoms with Crippen LogP contribution >= 0.6 is 0 Å². The molecule has 0 saturated heterocycles. The van der Waals surface area contributed by atoms with Gasteiger partial charge in [0.2, 0.25) is 0 Å². The van der Waals surface area contributed by atoms with Crippen molar-refractivity contribution in [2.24, 2.45) is 5.73 Å². The molecule has 0 spiro atoms. The van der Waals surface area contributed by atoms with Crippen molar-refractivity contribution in [3.63, 3.8) is 0 Å². The van der Waals surface area contributed by atoms with Gasteiger partial charge in [0, 0.05) is 12.6 Å². The number of aliphatic hydroxyl groups is 1. The molecule has 6 nitrogen and oxygen atoms in total. The first-order valence-electron chi connectivity index (χ1n) is 5.03. The SMILES string of the molecule is COc1ccc(NC(=O)C(O)CN)c(OC)c1. The van der Waals surface area contributed by atoms with Gasteiger partial charge in [-0.2, -0.15) is 0 Å². The zero-order valence-electron chi connectivity index (χ0n) is 9.77. The van der Waals surface area contributed by atoms with Crippen molar-refractivity contribution in [1.29, 1.82) is 0 Å². The number of ether oxygens (including phenoxy) is 2. The van der Waals surface area contributed by atoms with Gasteiger partial charge in [-0.25, -0.2) is 0 Å². The van der Waals surface area contributed by atoms with Crippen molar-refractivity contribution in [2.75, 3.05) is 26.1 Å². The minimum Gasteiger partial charge on any atom is -0.497 e. The molecule has 1 amide bonds. The Labute approximate surface area is 99.3 Å². The zero-order chi connectivity index (χ0) is 12.8. The number of hydrogen-bond donors (Lipinski definition) is 3. The smallest absolute Gasteiger partial charge is 0.254 e. The van der Waals surface area contributed by atoms with Crippen molar-refractivity contribution < 1.29 is 19.4 Å². The van der Waals surface area contributed by atoms with Gasteiger partial charge in [0.15, 0.2) is 0 Å². The molecule has 0 heterocycles. The molecule has 17 heavy (non-hydrogen) atoms. The van der Waals surface area contributed by atoms with Crippen LogP contribution in [0.5, 0.6) is 11.5 Å². The molecular weight excluding hydrogens is 224 g/mol. The average molecular weight is 240 g/mol. The molecule has 0 aliphatic rings. The molecule has 1 rings (SSSR count). The Balaban J connectivity index is 2.87. The van der Waals surface area contributed by atoms with Crippen LogP contribution in [0.1, 0.15) is 0 Å². The van der Waals surface area contributed by atoms with Crippen molar-refractivity contribution in [2.45, 2.75) is 6.10 Å². The fourth-order valence-corrected chi connectivity index (χ4v) is 1.22. The van der Waals surface area contributed by atoms with Crippen LogP contribution in [0.15, 0.2) is 18.2 Å². The molecule has 94 valence electrons. The van der Waals surface area contributed by atoms with Crippen LogP contribution in [0.4, 0.5) is 5.69 Å². The molecule has 0 aromatic heterocycles. The normalized spacial score (nSPS) is 11.8. The van der Waals surface area contributed by atoms with Crippen molar-refractivity contribution in [3.05, 3.63) is 18.2 Å². The second kappa shape index (κ2) is 6.07. The molecule has 1 aromatic carbocycles. The van der Waals surface area contributed by atoms with Gasteiger partial charge in [0.25, 0.3) is 5.91 Å². The van der Waals surface area contributed by atoms with E-state index in [4.69, 9.17) is 15.2 Å². The molecule has 4 N–H and O–H groups in total. The van der Waals surface area contributed by atoms with E-state index in [0.717, 1.165) is 0 Å². The third kappa shape index (κ3) is 3.33. The fourth-order valence-electron chi connectivity index (χ4n) is 1.22. The Bertz CT molecular complexity index is 395. The maximum atomic E-state index is 11.4. The predicted octanol–water partition coefficient (Wildman–Crippen LogP) is -0.0381. The summed E-state index contributed by atoms with van der Waals surface area (Å²) < 4.78 is 10.1. The number of nitrogens with one attached hydrogen (secondary N) is 1. The van der Waals surface area contributed by atoms with Gasteiger partial charge in [-0.1, -0.05) is 0 Å². The molecule has 1 unspecified atom stereocenters. The summed E-state index contributed by atoms with van der Waals surface area (Å²) in [4.78, 5) is 11.4. The molecule has 1 aromatic rings. The molecule has 0 fully saturated rings. The number of amides is 1. The Kier molecular flexibility index (Phi) is 4.74. The van der Waals surface area contributed by atoms with Crippen LogP contribution in [-0.4, -0.2) is 37.9 Å². The number of hydrogen-bond acceptors (Lipinski definition) is 5. The molecule has 0 saturated carbocycles. The summed E-state index contributed by atoms with van der Waals surface area (Å²) in [6.07, 6.45) is -1.23. The lowest BCUT2D eigenvalue weighted by Crippen LogP contribution is -2.34. The van der Waals surface area contributed by atoms with E-state index in [9.17, 15) is 9.90 Å². The van der Waals surface area contributed by atoms with Gasteiger partial charge in [-0.15, -0.1) is 0 Å². The summed E-state index contributed by atoms with van der Waals surface area (Å²) in [6, 6.07) is 4.93. The second-order valence-corrected chi connectivity index (χ2v) is 3.31. The standard InChI is InChI=1S/C11H16N2O4/c1-16-7-3-4-8(10(5-7)17-2)13-11(15)9(14)6-12/h3-5,9,14H,6,12H2,1-2H3,(H,13,15).